The lowest BCUT2D eigenvalue weighted by molar-refractivity contribution is -0.384. The molecule has 0 radical (unpaired) electrons. The molecule has 0 amide bonds. The van der Waals surface area contributed by atoms with Crippen molar-refractivity contribution in [1.29, 1.82) is 0 Å². The van der Waals surface area contributed by atoms with Crippen LogP contribution in [0, 0.1) is 10.1 Å². The van der Waals surface area contributed by atoms with Crippen LogP contribution >= 0.6 is 0 Å². The van der Waals surface area contributed by atoms with Crippen LogP contribution in [0.1, 0.15) is 5.82 Å². The largest absolute Gasteiger partial charge is 0.326 e. The van der Waals surface area contributed by atoms with Gasteiger partial charge < -0.3 is 4.57 Å². The summed E-state index contributed by atoms with van der Waals surface area (Å²) in [6.45, 7) is 0. The van der Waals surface area contributed by atoms with E-state index in [0.717, 1.165) is 16.9 Å². The molecule has 1 heterocycles. The second-order valence-corrected chi connectivity index (χ2v) is 4.69. The van der Waals surface area contributed by atoms with Crippen LogP contribution in [0.25, 0.3) is 11.0 Å². The van der Waals surface area contributed by atoms with Crippen molar-refractivity contribution < 1.29 is 4.92 Å². The number of aryl methyl sites for hydroxylation is 1. The number of fused-ring (bicyclic) bond motifs is 1. The highest BCUT2D eigenvalue weighted by atomic mass is 16.6. The summed E-state index contributed by atoms with van der Waals surface area (Å²) in [6.07, 6.45) is 1.61. The topological polar surface area (TPSA) is 85.3 Å². The smallest absolute Gasteiger partial charge is 0.269 e. The van der Waals surface area contributed by atoms with Crippen LogP contribution in [0.3, 0.4) is 0 Å². The number of non-ortho nitro benzene ring substituents is 1. The van der Waals surface area contributed by atoms with Gasteiger partial charge in [0.25, 0.3) is 5.69 Å². The number of benzene rings is 2. The molecule has 3 rings (SSSR count). The lowest BCUT2D eigenvalue weighted by Gasteiger charge is -1.99. The van der Waals surface area contributed by atoms with Crippen molar-refractivity contribution in [1.82, 2.24) is 9.55 Å². The quantitative estimate of drug-likeness (QED) is 0.455. The number of anilines is 1. The van der Waals surface area contributed by atoms with E-state index in [1.54, 1.807) is 18.3 Å². The van der Waals surface area contributed by atoms with Gasteiger partial charge in [-0.1, -0.05) is 12.1 Å². The van der Waals surface area contributed by atoms with Gasteiger partial charge in [-0.05, 0) is 24.3 Å². The normalized spacial score (nSPS) is 11.1. The molecule has 0 aliphatic rings. The number of para-hydroxylation sites is 2. The predicted molar refractivity (Wildman–Crippen MR) is 85.0 cm³/mol. The van der Waals surface area contributed by atoms with Gasteiger partial charge in [0.15, 0.2) is 5.82 Å². The number of nitrogens with one attached hydrogen (secondary N) is 1. The molecule has 110 valence electrons. The fourth-order valence-corrected chi connectivity index (χ4v) is 2.10. The Morgan fingerprint density at radius 2 is 1.95 bits per heavy atom. The minimum atomic E-state index is -0.438. The second kappa shape index (κ2) is 5.65. The Balaban J connectivity index is 1.76. The number of aromatic nitrogens is 2. The molecule has 0 spiro atoms. The van der Waals surface area contributed by atoms with Crippen LogP contribution in [-0.2, 0) is 7.05 Å². The standard InChI is InChI=1S/C15H13N5O2/c1-19-14-5-3-2-4-13(14)17-15(19)10-16-18-11-6-8-12(9-7-11)20(21)22/h2-10,18H,1H3/b16-10+. The maximum Gasteiger partial charge on any atom is 0.269 e. The van der Waals surface area contributed by atoms with E-state index in [0.29, 0.717) is 5.69 Å². The summed E-state index contributed by atoms with van der Waals surface area (Å²) >= 11 is 0. The second-order valence-electron chi connectivity index (χ2n) is 4.69. The van der Waals surface area contributed by atoms with Crippen LogP contribution in [-0.4, -0.2) is 20.7 Å². The van der Waals surface area contributed by atoms with E-state index >= 15 is 0 Å². The molecule has 0 saturated carbocycles. The molecular formula is C15H13N5O2. The minimum Gasteiger partial charge on any atom is -0.326 e. The Morgan fingerprint density at radius 1 is 1.23 bits per heavy atom. The molecule has 0 bridgehead atoms. The predicted octanol–water partition coefficient (Wildman–Crippen LogP) is 2.93. The number of nitrogens with zero attached hydrogens (tertiary/aromatic N) is 4. The third-order valence-electron chi connectivity index (χ3n) is 3.27. The molecule has 0 aliphatic heterocycles. The fraction of sp³-hybridized carbons (Fsp3) is 0.0667. The average Bonchev–Trinajstić information content (AvgIpc) is 2.85. The Bertz CT molecular complexity index is 852. The SMILES string of the molecule is Cn1c(/C=N/Nc2ccc([N+](=O)[O-])cc2)nc2ccccc21. The summed E-state index contributed by atoms with van der Waals surface area (Å²) in [5, 5.41) is 14.7. The van der Waals surface area contributed by atoms with Crippen LogP contribution in [0.5, 0.6) is 0 Å². The van der Waals surface area contributed by atoms with Crippen molar-refractivity contribution in [2.24, 2.45) is 12.1 Å². The van der Waals surface area contributed by atoms with Gasteiger partial charge in [-0.2, -0.15) is 5.10 Å². The van der Waals surface area contributed by atoms with Crippen molar-refractivity contribution in [3.63, 3.8) is 0 Å². The molecule has 22 heavy (non-hydrogen) atoms. The first-order chi connectivity index (χ1) is 10.6. The Kier molecular flexibility index (Phi) is 3.53. The summed E-state index contributed by atoms with van der Waals surface area (Å²) in [5.74, 6) is 0.718. The molecule has 0 aliphatic carbocycles. The van der Waals surface area contributed by atoms with Gasteiger partial charge in [0.1, 0.15) is 0 Å². The van der Waals surface area contributed by atoms with Crippen molar-refractivity contribution in [2.75, 3.05) is 5.43 Å². The molecule has 2 aromatic carbocycles. The maximum atomic E-state index is 10.6. The number of hydrogen-bond acceptors (Lipinski definition) is 5. The number of hydrogen-bond donors (Lipinski definition) is 1. The molecule has 7 nitrogen and oxygen atoms in total. The summed E-state index contributed by atoms with van der Waals surface area (Å²) in [7, 11) is 1.92. The lowest BCUT2D eigenvalue weighted by Crippen LogP contribution is -1.98. The van der Waals surface area contributed by atoms with Crippen LogP contribution in [0.2, 0.25) is 0 Å². The summed E-state index contributed by atoms with van der Waals surface area (Å²) < 4.78 is 1.94. The first-order valence-electron chi connectivity index (χ1n) is 6.60. The van der Waals surface area contributed by atoms with Crippen molar-refractivity contribution in [3.8, 4) is 0 Å². The minimum absolute atomic E-state index is 0.0462. The summed E-state index contributed by atoms with van der Waals surface area (Å²) in [6, 6.07) is 13.9. The first kappa shape index (κ1) is 13.7. The van der Waals surface area contributed by atoms with E-state index in [4.69, 9.17) is 0 Å². The van der Waals surface area contributed by atoms with Gasteiger partial charge in [-0.25, -0.2) is 4.98 Å². The average molecular weight is 295 g/mol. The highest BCUT2D eigenvalue weighted by Crippen LogP contribution is 2.16. The maximum absolute atomic E-state index is 10.6. The fourth-order valence-electron chi connectivity index (χ4n) is 2.10. The molecule has 0 saturated heterocycles. The molecule has 3 aromatic rings. The molecule has 1 aromatic heterocycles. The van der Waals surface area contributed by atoms with E-state index in [2.05, 4.69) is 15.5 Å². The Hall–Kier alpha value is -3.22. The summed E-state index contributed by atoms with van der Waals surface area (Å²) in [4.78, 5) is 14.6. The molecule has 1 N–H and O–H groups in total. The monoisotopic (exact) mass is 295 g/mol. The molecule has 0 fully saturated rings. The molecule has 7 heteroatoms. The zero-order chi connectivity index (χ0) is 15.5. The van der Waals surface area contributed by atoms with Gasteiger partial charge >= 0.3 is 0 Å². The number of nitro groups is 1. The summed E-state index contributed by atoms with van der Waals surface area (Å²) in [5.41, 5.74) is 5.47. The third kappa shape index (κ3) is 2.64. The van der Waals surface area contributed by atoms with E-state index in [-0.39, 0.29) is 5.69 Å². The molecular weight excluding hydrogens is 282 g/mol. The third-order valence-corrected chi connectivity index (χ3v) is 3.27. The van der Waals surface area contributed by atoms with Gasteiger partial charge in [-0.3, -0.25) is 15.5 Å². The van der Waals surface area contributed by atoms with Gasteiger partial charge in [-0.15, -0.1) is 0 Å². The van der Waals surface area contributed by atoms with Crippen LogP contribution < -0.4 is 5.43 Å². The zero-order valence-corrected chi connectivity index (χ0v) is 11.8. The number of imidazole rings is 1. The van der Waals surface area contributed by atoms with Crippen molar-refractivity contribution in [2.45, 2.75) is 0 Å². The van der Waals surface area contributed by atoms with Gasteiger partial charge in [0.2, 0.25) is 0 Å². The first-order valence-corrected chi connectivity index (χ1v) is 6.60. The van der Waals surface area contributed by atoms with Gasteiger partial charge in [0.05, 0.1) is 27.9 Å². The number of rotatable bonds is 4. The van der Waals surface area contributed by atoms with Crippen LogP contribution in [0.15, 0.2) is 53.6 Å². The Labute approximate surface area is 126 Å². The number of hydrazone groups is 1. The number of nitro benzene ring substituents is 1. The lowest BCUT2D eigenvalue weighted by atomic mass is 10.3. The van der Waals surface area contributed by atoms with Crippen molar-refractivity contribution in [3.05, 3.63) is 64.5 Å². The highest BCUT2D eigenvalue weighted by molar-refractivity contribution is 5.85. The molecule has 0 atom stereocenters. The van der Waals surface area contributed by atoms with E-state index in [1.165, 1.54) is 12.1 Å². The van der Waals surface area contributed by atoms with Gasteiger partial charge in [0, 0.05) is 19.2 Å². The van der Waals surface area contributed by atoms with Crippen molar-refractivity contribution >= 4 is 28.6 Å². The zero-order valence-electron chi connectivity index (χ0n) is 11.8. The van der Waals surface area contributed by atoms with E-state index in [9.17, 15) is 10.1 Å². The Morgan fingerprint density at radius 3 is 2.64 bits per heavy atom. The molecule has 0 unspecified atom stereocenters. The highest BCUT2D eigenvalue weighted by Gasteiger charge is 2.05. The van der Waals surface area contributed by atoms with E-state index < -0.39 is 4.92 Å². The van der Waals surface area contributed by atoms with E-state index in [1.807, 2.05) is 35.9 Å². The van der Waals surface area contributed by atoms with Crippen LogP contribution in [0.4, 0.5) is 11.4 Å².